The molecule has 30 heavy (non-hydrogen) atoms. The molecule has 2 aliphatic carbocycles. The predicted molar refractivity (Wildman–Crippen MR) is 109 cm³/mol. The highest BCUT2D eigenvalue weighted by Crippen LogP contribution is 2.57. The SMILES string of the molecule is COc1cccc(NC(=O)c2ccc(NC(=O)[C@H]3[C@@H]4C[C@H]5[C@H]3C(=O)O[C@H]5C4)cc2)c1. The van der Waals surface area contributed by atoms with Gasteiger partial charge in [0, 0.05) is 28.9 Å². The van der Waals surface area contributed by atoms with Crippen molar-refractivity contribution in [1.29, 1.82) is 0 Å². The van der Waals surface area contributed by atoms with E-state index >= 15 is 0 Å². The van der Waals surface area contributed by atoms with Crippen molar-refractivity contribution in [3.63, 3.8) is 0 Å². The molecule has 5 atom stereocenters. The van der Waals surface area contributed by atoms with Crippen molar-refractivity contribution in [2.24, 2.45) is 23.7 Å². The monoisotopic (exact) mass is 406 g/mol. The van der Waals surface area contributed by atoms with Crippen LogP contribution in [0.25, 0.3) is 0 Å². The lowest BCUT2D eigenvalue weighted by atomic mass is 9.79. The standard InChI is InChI=1S/C23H22N2O5/c1-29-16-4-2-3-15(11-16)25-21(26)12-5-7-14(8-6-12)24-22(27)19-13-9-17-18(10-13)30-23(28)20(17)19/h2-8,11,13,17-20H,9-10H2,1H3,(H,24,27)(H,25,26)/t13-,17-,18+,19+,20-/m1/s1. The molecule has 0 aromatic heterocycles. The quantitative estimate of drug-likeness (QED) is 0.745. The average molecular weight is 406 g/mol. The van der Waals surface area contributed by atoms with Gasteiger partial charge in [-0.3, -0.25) is 14.4 Å². The first kappa shape index (κ1) is 18.7. The molecular weight excluding hydrogens is 384 g/mol. The van der Waals surface area contributed by atoms with Crippen molar-refractivity contribution < 1.29 is 23.9 Å². The molecule has 3 aliphatic rings. The number of hydrogen-bond donors (Lipinski definition) is 2. The van der Waals surface area contributed by atoms with Gasteiger partial charge in [0.2, 0.25) is 5.91 Å². The highest BCUT2D eigenvalue weighted by Gasteiger charge is 2.63. The Kier molecular flexibility index (Phi) is 4.46. The van der Waals surface area contributed by atoms with E-state index in [4.69, 9.17) is 9.47 Å². The topological polar surface area (TPSA) is 93.7 Å². The summed E-state index contributed by atoms with van der Waals surface area (Å²) in [4.78, 5) is 37.4. The van der Waals surface area contributed by atoms with E-state index in [0.29, 0.717) is 22.7 Å². The molecule has 7 nitrogen and oxygen atoms in total. The first-order valence-corrected chi connectivity index (χ1v) is 10.1. The van der Waals surface area contributed by atoms with Crippen molar-refractivity contribution in [1.82, 2.24) is 0 Å². The van der Waals surface area contributed by atoms with Gasteiger partial charge in [0.1, 0.15) is 11.9 Å². The Hall–Kier alpha value is -3.35. The second-order valence-corrected chi connectivity index (χ2v) is 8.17. The number of rotatable bonds is 5. The van der Waals surface area contributed by atoms with Crippen LogP contribution < -0.4 is 15.4 Å². The van der Waals surface area contributed by atoms with E-state index in [2.05, 4.69) is 10.6 Å². The summed E-state index contributed by atoms with van der Waals surface area (Å²) in [6.45, 7) is 0. The van der Waals surface area contributed by atoms with Crippen molar-refractivity contribution in [3.05, 3.63) is 54.1 Å². The van der Waals surface area contributed by atoms with Crippen molar-refractivity contribution >= 4 is 29.2 Å². The minimum Gasteiger partial charge on any atom is -0.497 e. The summed E-state index contributed by atoms with van der Waals surface area (Å²) in [6, 6.07) is 13.8. The molecule has 2 N–H and O–H groups in total. The molecule has 154 valence electrons. The summed E-state index contributed by atoms with van der Waals surface area (Å²) in [7, 11) is 1.57. The van der Waals surface area contributed by atoms with Crippen LogP contribution in [0.4, 0.5) is 11.4 Å². The van der Waals surface area contributed by atoms with Crippen LogP contribution in [-0.4, -0.2) is 31.0 Å². The maximum absolute atomic E-state index is 12.8. The maximum atomic E-state index is 12.8. The molecule has 3 fully saturated rings. The van der Waals surface area contributed by atoms with Crippen LogP contribution in [-0.2, 0) is 14.3 Å². The lowest BCUT2D eigenvalue weighted by Crippen LogP contribution is -2.35. The molecule has 1 saturated heterocycles. The van der Waals surface area contributed by atoms with Crippen LogP contribution >= 0.6 is 0 Å². The smallest absolute Gasteiger partial charge is 0.310 e. The second kappa shape index (κ2) is 7.16. The number of esters is 1. The van der Waals surface area contributed by atoms with E-state index in [1.807, 2.05) is 0 Å². The molecule has 0 spiro atoms. The van der Waals surface area contributed by atoms with Crippen LogP contribution in [0.15, 0.2) is 48.5 Å². The molecule has 0 unspecified atom stereocenters. The number of anilines is 2. The Bertz CT molecular complexity index is 1020. The van der Waals surface area contributed by atoms with Gasteiger partial charge in [-0.2, -0.15) is 0 Å². The molecule has 2 saturated carbocycles. The summed E-state index contributed by atoms with van der Waals surface area (Å²) in [5, 5.41) is 5.73. The van der Waals surface area contributed by atoms with Gasteiger partial charge < -0.3 is 20.1 Å². The number of fused-ring (bicyclic) bond motifs is 1. The number of methoxy groups -OCH3 is 1. The van der Waals surface area contributed by atoms with Crippen LogP contribution in [0.5, 0.6) is 5.75 Å². The van der Waals surface area contributed by atoms with Crippen LogP contribution in [0, 0.1) is 23.7 Å². The summed E-state index contributed by atoms with van der Waals surface area (Å²) < 4.78 is 10.6. The van der Waals surface area contributed by atoms with Gasteiger partial charge in [-0.1, -0.05) is 6.07 Å². The van der Waals surface area contributed by atoms with Gasteiger partial charge in [0.15, 0.2) is 0 Å². The van der Waals surface area contributed by atoms with E-state index in [-0.39, 0.29) is 47.6 Å². The van der Waals surface area contributed by atoms with E-state index in [9.17, 15) is 14.4 Å². The van der Waals surface area contributed by atoms with Gasteiger partial charge in [-0.15, -0.1) is 0 Å². The average Bonchev–Trinajstić information content (AvgIpc) is 3.37. The lowest BCUT2D eigenvalue weighted by molar-refractivity contribution is -0.145. The van der Waals surface area contributed by atoms with Crippen LogP contribution in [0.2, 0.25) is 0 Å². The van der Waals surface area contributed by atoms with Crippen LogP contribution in [0.1, 0.15) is 23.2 Å². The zero-order valence-corrected chi connectivity index (χ0v) is 16.5. The summed E-state index contributed by atoms with van der Waals surface area (Å²) >= 11 is 0. The first-order chi connectivity index (χ1) is 14.5. The third kappa shape index (κ3) is 3.10. The van der Waals surface area contributed by atoms with E-state index in [1.54, 1.807) is 55.6 Å². The summed E-state index contributed by atoms with van der Waals surface area (Å²) in [5.74, 6) is -0.185. The second-order valence-electron chi connectivity index (χ2n) is 8.17. The normalized spacial score (nSPS) is 28.2. The number of nitrogens with one attached hydrogen (secondary N) is 2. The molecule has 0 radical (unpaired) electrons. The molecule has 2 aromatic rings. The number of carbonyl (C=O) groups is 3. The molecule has 5 rings (SSSR count). The lowest BCUT2D eigenvalue weighted by Gasteiger charge is -2.23. The zero-order valence-electron chi connectivity index (χ0n) is 16.5. The molecule has 1 heterocycles. The molecule has 7 heteroatoms. The Balaban J connectivity index is 1.23. The van der Waals surface area contributed by atoms with Gasteiger partial charge >= 0.3 is 5.97 Å². The number of carbonyl (C=O) groups excluding carboxylic acids is 3. The van der Waals surface area contributed by atoms with Crippen molar-refractivity contribution in [3.8, 4) is 5.75 Å². The fourth-order valence-corrected chi connectivity index (χ4v) is 5.20. The predicted octanol–water partition coefficient (Wildman–Crippen LogP) is 3.08. The minimum atomic E-state index is -0.322. The maximum Gasteiger partial charge on any atom is 0.310 e. The number of hydrogen-bond acceptors (Lipinski definition) is 5. The van der Waals surface area contributed by atoms with Gasteiger partial charge in [-0.05, 0) is 55.2 Å². The molecular formula is C23H22N2O5. The Morgan fingerprint density at radius 3 is 2.60 bits per heavy atom. The van der Waals surface area contributed by atoms with E-state index in [1.165, 1.54) is 0 Å². The Morgan fingerprint density at radius 1 is 1.03 bits per heavy atom. The van der Waals surface area contributed by atoms with Crippen molar-refractivity contribution in [2.75, 3.05) is 17.7 Å². The Morgan fingerprint density at radius 2 is 1.83 bits per heavy atom. The minimum absolute atomic E-state index is 0.0129. The van der Waals surface area contributed by atoms with Crippen molar-refractivity contribution in [2.45, 2.75) is 18.9 Å². The molecule has 1 aliphatic heterocycles. The van der Waals surface area contributed by atoms with Gasteiger partial charge in [0.05, 0.1) is 18.9 Å². The van der Waals surface area contributed by atoms with Gasteiger partial charge in [-0.25, -0.2) is 0 Å². The summed E-state index contributed by atoms with van der Waals surface area (Å²) in [5.41, 5.74) is 1.70. The number of ether oxygens (including phenoxy) is 2. The zero-order chi connectivity index (χ0) is 20.8. The highest BCUT2D eigenvalue weighted by atomic mass is 16.6. The van der Waals surface area contributed by atoms with Crippen LogP contribution in [0.3, 0.4) is 0 Å². The van der Waals surface area contributed by atoms with Gasteiger partial charge in [0.25, 0.3) is 5.91 Å². The third-order valence-electron chi connectivity index (χ3n) is 6.53. The molecule has 2 amide bonds. The number of amides is 2. The Labute approximate surface area is 173 Å². The highest BCUT2D eigenvalue weighted by molar-refractivity contribution is 6.05. The number of benzene rings is 2. The molecule has 2 aromatic carbocycles. The van der Waals surface area contributed by atoms with E-state index < -0.39 is 0 Å². The fraction of sp³-hybridized carbons (Fsp3) is 0.348. The van der Waals surface area contributed by atoms with E-state index in [0.717, 1.165) is 12.8 Å². The summed E-state index contributed by atoms with van der Waals surface area (Å²) in [6.07, 6.45) is 1.69. The third-order valence-corrected chi connectivity index (χ3v) is 6.53. The molecule has 2 bridgehead atoms. The largest absolute Gasteiger partial charge is 0.497 e. The first-order valence-electron chi connectivity index (χ1n) is 10.1. The fourth-order valence-electron chi connectivity index (χ4n) is 5.20.